The molecule has 0 bridgehead atoms. The third kappa shape index (κ3) is 5.47. The molecule has 0 radical (unpaired) electrons. The fraction of sp³-hybridized carbons (Fsp3) is 0.115. The first-order chi connectivity index (χ1) is 16.6. The first kappa shape index (κ1) is 22.7. The number of hydrogen-bond donors (Lipinski definition) is 1. The molecule has 7 nitrogen and oxygen atoms in total. The number of rotatable bonds is 8. The molecule has 0 saturated carbocycles. The van der Waals surface area contributed by atoms with Gasteiger partial charge in [0.2, 0.25) is 5.88 Å². The summed E-state index contributed by atoms with van der Waals surface area (Å²) in [6, 6.07) is 19.7. The van der Waals surface area contributed by atoms with Crippen LogP contribution in [0.3, 0.4) is 0 Å². The Hall–Kier alpha value is -4.46. The van der Waals surface area contributed by atoms with Crippen molar-refractivity contribution in [3.63, 3.8) is 0 Å². The first-order valence-corrected chi connectivity index (χ1v) is 10.4. The van der Waals surface area contributed by atoms with Gasteiger partial charge in [0, 0.05) is 35.5 Å². The second kappa shape index (κ2) is 10.4. The minimum Gasteiger partial charge on any atom is -0.497 e. The minimum absolute atomic E-state index is 0.244. The van der Waals surface area contributed by atoms with Crippen LogP contribution in [0.25, 0.3) is 11.4 Å². The number of aromatic nitrogens is 2. The summed E-state index contributed by atoms with van der Waals surface area (Å²) in [5.41, 5.74) is 1.82. The van der Waals surface area contributed by atoms with Gasteiger partial charge in [-0.15, -0.1) is 0 Å². The van der Waals surface area contributed by atoms with E-state index >= 15 is 0 Å². The summed E-state index contributed by atoms with van der Waals surface area (Å²) in [6.07, 6.45) is 1.54. The molecule has 0 aliphatic heterocycles. The second-order valence-corrected chi connectivity index (χ2v) is 7.22. The van der Waals surface area contributed by atoms with Crippen LogP contribution in [0.15, 0.2) is 79.0 Å². The van der Waals surface area contributed by atoms with Crippen molar-refractivity contribution in [3.05, 3.63) is 95.9 Å². The molecule has 4 aromatic rings. The van der Waals surface area contributed by atoms with E-state index in [1.54, 1.807) is 68.8 Å². The van der Waals surface area contributed by atoms with E-state index in [0.29, 0.717) is 40.1 Å². The van der Waals surface area contributed by atoms with E-state index < -0.39 is 0 Å². The van der Waals surface area contributed by atoms with Gasteiger partial charge >= 0.3 is 0 Å². The molecule has 0 unspecified atom stereocenters. The molecule has 1 N–H and O–H groups in total. The van der Waals surface area contributed by atoms with E-state index in [0.717, 1.165) is 5.56 Å². The molecule has 0 aliphatic rings. The number of ether oxygens (including phenoxy) is 3. The molecule has 0 saturated heterocycles. The van der Waals surface area contributed by atoms with Gasteiger partial charge in [0.15, 0.2) is 5.82 Å². The van der Waals surface area contributed by atoms with Crippen LogP contribution < -0.4 is 19.5 Å². The average molecular weight is 459 g/mol. The topological polar surface area (TPSA) is 82.6 Å². The second-order valence-electron chi connectivity index (χ2n) is 7.22. The smallest absolute Gasteiger partial charge is 0.251 e. The number of amides is 1. The van der Waals surface area contributed by atoms with Crippen molar-refractivity contribution in [2.45, 2.75) is 6.54 Å². The zero-order valence-electron chi connectivity index (χ0n) is 18.6. The van der Waals surface area contributed by atoms with Crippen molar-refractivity contribution in [2.24, 2.45) is 0 Å². The van der Waals surface area contributed by atoms with Gasteiger partial charge in [-0.1, -0.05) is 12.1 Å². The molecule has 4 rings (SSSR count). The molecular formula is C26H22FN3O4. The molecule has 0 aliphatic carbocycles. The van der Waals surface area contributed by atoms with Gasteiger partial charge in [-0.05, 0) is 54.6 Å². The van der Waals surface area contributed by atoms with Crippen molar-refractivity contribution in [2.75, 3.05) is 14.2 Å². The Morgan fingerprint density at radius 2 is 1.74 bits per heavy atom. The molecule has 0 spiro atoms. The summed E-state index contributed by atoms with van der Waals surface area (Å²) in [7, 11) is 3.15. The number of carbonyl (C=O) groups excluding carboxylic acids is 1. The molecule has 172 valence electrons. The summed E-state index contributed by atoms with van der Waals surface area (Å²) < 4.78 is 29.9. The van der Waals surface area contributed by atoms with Crippen molar-refractivity contribution >= 4 is 5.91 Å². The lowest BCUT2D eigenvalue weighted by Crippen LogP contribution is -2.23. The molecule has 0 atom stereocenters. The maximum atomic E-state index is 13.5. The number of benzene rings is 3. The third-order valence-electron chi connectivity index (χ3n) is 4.98. The van der Waals surface area contributed by atoms with Crippen molar-refractivity contribution < 1.29 is 23.4 Å². The number of halogens is 1. The Kier molecular flexibility index (Phi) is 6.98. The highest BCUT2D eigenvalue weighted by Crippen LogP contribution is 2.25. The van der Waals surface area contributed by atoms with Gasteiger partial charge in [0.25, 0.3) is 5.91 Å². The van der Waals surface area contributed by atoms with E-state index in [2.05, 4.69) is 15.3 Å². The summed E-state index contributed by atoms with van der Waals surface area (Å²) >= 11 is 0. The molecule has 0 fully saturated rings. The Morgan fingerprint density at radius 3 is 2.47 bits per heavy atom. The minimum atomic E-state index is -0.369. The van der Waals surface area contributed by atoms with Gasteiger partial charge in [0.05, 0.1) is 14.2 Å². The quantitative estimate of drug-likeness (QED) is 0.398. The van der Waals surface area contributed by atoms with Gasteiger partial charge in [0.1, 0.15) is 23.1 Å². The Balaban J connectivity index is 1.41. The van der Waals surface area contributed by atoms with Crippen molar-refractivity contribution in [1.29, 1.82) is 0 Å². The number of hydrogen-bond acceptors (Lipinski definition) is 6. The highest BCUT2D eigenvalue weighted by Gasteiger charge is 2.10. The van der Waals surface area contributed by atoms with Gasteiger partial charge in [-0.3, -0.25) is 4.79 Å². The molecule has 1 amide bonds. The lowest BCUT2D eigenvalue weighted by Gasteiger charge is -2.12. The van der Waals surface area contributed by atoms with Crippen LogP contribution in [-0.2, 0) is 6.54 Å². The first-order valence-electron chi connectivity index (χ1n) is 10.4. The predicted octanol–water partition coefficient (Wildman–Crippen LogP) is 5.02. The van der Waals surface area contributed by atoms with Crippen LogP contribution in [-0.4, -0.2) is 30.1 Å². The Bertz CT molecular complexity index is 1300. The summed E-state index contributed by atoms with van der Waals surface area (Å²) in [5, 5.41) is 2.87. The van der Waals surface area contributed by atoms with Crippen LogP contribution in [0, 0.1) is 5.82 Å². The van der Waals surface area contributed by atoms with E-state index in [1.165, 1.54) is 18.3 Å². The summed E-state index contributed by atoms with van der Waals surface area (Å²) in [6.45, 7) is 0.279. The number of nitrogens with one attached hydrogen (secondary N) is 1. The fourth-order valence-electron chi connectivity index (χ4n) is 3.26. The van der Waals surface area contributed by atoms with Crippen LogP contribution >= 0.6 is 0 Å². The van der Waals surface area contributed by atoms with Crippen molar-refractivity contribution in [1.82, 2.24) is 15.3 Å². The molecule has 8 heteroatoms. The number of nitrogens with zero attached hydrogens (tertiary/aromatic N) is 2. The molecule has 1 heterocycles. The maximum Gasteiger partial charge on any atom is 0.251 e. The van der Waals surface area contributed by atoms with E-state index in [9.17, 15) is 9.18 Å². The zero-order chi connectivity index (χ0) is 23.9. The van der Waals surface area contributed by atoms with E-state index in [-0.39, 0.29) is 18.3 Å². The standard InChI is InChI=1S/C26H22FN3O4/c1-32-22-10-11-23(33-2)19(15-22)16-29-26(31)17-6-8-21(9-7-17)34-24-12-13-28-25(30-24)18-4-3-5-20(27)14-18/h3-15H,16H2,1-2H3,(H,29,31). The summed E-state index contributed by atoms with van der Waals surface area (Å²) in [5.74, 6) is 1.87. The zero-order valence-corrected chi connectivity index (χ0v) is 18.6. The van der Waals surface area contributed by atoms with Crippen LogP contribution in [0.1, 0.15) is 15.9 Å². The molecule has 1 aromatic heterocycles. The maximum absolute atomic E-state index is 13.5. The Labute approximate surface area is 196 Å². The molecule has 3 aromatic carbocycles. The Morgan fingerprint density at radius 1 is 0.941 bits per heavy atom. The van der Waals surface area contributed by atoms with E-state index in [4.69, 9.17) is 14.2 Å². The summed E-state index contributed by atoms with van der Waals surface area (Å²) in [4.78, 5) is 21.1. The highest BCUT2D eigenvalue weighted by atomic mass is 19.1. The third-order valence-corrected chi connectivity index (χ3v) is 4.98. The normalized spacial score (nSPS) is 10.4. The SMILES string of the molecule is COc1ccc(OC)c(CNC(=O)c2ccc(Oc3ccnc(-c4cccc(F)c4)n3)cc2)c1. The van der Waals surface area contributed by atoms with Gasteiger partial charge in [-0.25, -0.2) is 9.37 Å². The average Bonchev–Trinajstić information content (AvgIpc) is 2.87. The van der Waals surface area contributed by atoms with Gasteiger partial charge in [-0.2, -0.15) is 4.98 Å². The van der Waals surface area contributed by atoms with Crippen LogP contribution in [0.2, 0.25) is 0 Å². The monoisotopic (exact) mass is 459 g/mol. The van der Waals surface area contributed by atoms with Crippen LogP contribution in [0.5, 0.6) is 23.1 Å². The number of carbonyl (C=O) groups is 1. The van der Waals surface area contributed by atoms with Crippen molar-refractivity contribution in [3.8, 4) is 34.5 Å². The lowest BCUT2D eigenvalue weighted by molar-refractivity contribution is 0.0950. The molecule has 34 heavy (non-hydrogen) atoms. The van der Waals surface area contributed by atoms with Gasteiger partial charge < -0.3 is 19.5 Å². The fourth-order valence-corrected chi connectivity index (χ4v) is 3.26. The van der Waals surface area contributed by atoms with E-state index in [1.807, 2.05) is 6.07 Å². The molecular weight excluding hydrogens is 437 g/mol. The number of methoxy groups -OCH3 is 2. The predicted molar refractivity (Wildman–Crippen MR) is 125 cm³/mol. The lowest BCUT2D eigenvalue weighted by atomic mass is 10.1. The van der Waals surface area contributed by atoms with Crippen LogP contribution in [0.4, 0.5) is 4.39 Å². The highest BCUT2D eigenvalue weighted by molar-refractivity contribution is 5.94. The largest absolute Gasteiger partial charge is 0.497 e.